The first kappa shape index (κ1) is 9.68. The summed E-state index contributed by atoms with van der Waals surface area (Å²) >= 11 is 3.37. The van der Waals surface area contributed by atoms with E-state index in [-0.39, 0.29) is 12.0 Å². The summed E-state index contributed by atoms with van der Waals surface area (Å²) in [6.07, 6.45) is 0. The predicted octanol–water partition coefficient (Wildman–Crippen LogP) is 1.79. The molecule has 2 atom stereocenters. The van der Waals surface area contributed by atoms with Crippen LogP contribution >= 0.6 is 15.9 Å². The topological polar surface area (TPSA) is 49.3 Å². The van der Waals surface area contributed by atoms with E-state index in [1.165, 1.54) is 0 Å². The number of rotatable bonds is 2. The third-order valence-electron chi connectivity index (χ3n) is 2.49. The van der Waals surface area contributed by atoms with Crippen molar-refractivity contribution in [1.29, 1.82) is 0 Å². The molecule has 1 aliphatic rings. The summed E-state index contributed by atoms with van der Waals surface area (Å²) < 4.78 is 0.979. The molecule has 1 aromatic rings. The summed E-state index contributed by atoms with van der Waals surface area (Å²) in [7, 11) is 0. The first-order valence-corrected chi connectivity index (χ1v) is 5.19. The smallest absolute Gasteiger partial charge is 0.309 e. The molecule has 1 aromatic carbocycles. The fourth-order valence-electron chi connectivity index (χ4n) is 1.63. The zero-order valence-electron chi connectivity index (χ0n) is 7.40. The number of nitrogens with one attached hydrogen (secondary N) is 1. The molecule has 1 fully saturated rings. The van der Waals surface area contributed by atoms with Gasteiger partial charge in [-0.3, -0.25) is 4.79 Å². The van der Waals surface area contributed by atoms with Crippen molar-refractivity contribution in [3.8, 4) is 0 Å². The van der Waals surface area contributed by atoms with Gasteiger partial charge in [-0.1, -0.05) is 28.1 Å². The molecular weight excluding hydrogens is 246 g/mol. The Morgan fingerprint density at radius 3 is 2.86 bits per heavy atom. The molecule has 1 saturated heterocycles. The normalized spacial score (nSPS) is 25.5. The highest BCUT2D eigenvalue weighted by Gasteiger charge is 2.37. The average Bonchev–Trinajstić information content (AvgIpc) is 2.00. The minimum atomic E-state index is -0.728. The van der Waals surface area contributed by atoms with E-state index in [4.69, 9.17) is 5.11 Å². The van der Waals surface area contributed by atoms with Crippen LogP contribution in [0.25, 0.3) is 0 Å². The molecule has 0 saturated carbocycles. The zero-order valence-corrected chi connectivity index (χ0v) is 8.99. The summed E-state index contributed by atoms with van der Waals surface area (Å²) in [5, 5.41) is 12.0. The number of halogens is 1. The first-order chi connectivity index (χ1) is 6.68. The number of aliphatic carboxylic acids is 1. The second-order valence-corrected chi connectivity index (χ2v) is 4.30. The van der Waals surface area contributed by atoms with Gasteiger partial charge in [-0.15, -0.1) is 0 Å². The summed E-state index contributed by atoms with van der Waals surface area (Å²) in [5.41, 5.74) is 1.03. The largest absolute Gasteiger partial charge is 0.481 e. The quantitative estimate of drug-likeness (QED) is 0.848. The van der Waals surface area contributed by atoms with Gasteiger partial charge in [-0.25, -0.2) is 0 Å². The van der Waals surface area contributed by atoms with Gasteiger partial charge in [0.1, 0.15) is 0 Å². The van der Waals surface area contributed by atoms with Gasteiger partial charge in [0.15, 0.2) is 0 Å². The van der Waals surface area contributed by atoms with Crippen LogP contribution in [0.5, 0.6) is 0 Å². The minimum absolute atomic E-state index is 0.0370. The molecule has 2 N–H and O–H groups in total. The molecule has 0 spiro atoms. The lowest BCUT2D eigenvalue weighted by Gasteiger charge is -2.35. The lowest BCUT2D eigenvalue weighted by molar-refractivity contribution is -0.145. The SMILES string of the molecule is O=C(O)C1CNC1c1cccc(Br)c1. The molecule has 2 rings (SSSR count). The Balaban J connectivity index is 2.20. The Morgan fingerprint density at radius 2 is 2.36 bits per heavy atom. The van der Waals surface area contributed by atoms with E-state index in [1.807, 2.05) is 24.3 Å². The molecule has 0 aromatic heterocycles. The van der Waals surface area contributed by atoms with Gasteiger partial charge in [-0.05, 0) is 17.7 Å². The minimum Gasteiger partial charge on any atom is -0.481 e. The van der Waals surface area contributed by atoms with Crippen LogP contribution < -0.4 is 5.32 Å². The third kappa shape index (κ3) is 1.67. The van der Waals surface area contributed by atoms with Gasteiger partial charge in [0.25, 0.3) is 0 Å². The van der Waals surface area contributed by atoms with Crippen molar-refractivity contribution in [2.75, 3.05) is 6.54 Å². The lowest BCUT2D eigenvalue weighted by atomic mass is 9.86. The van der Waals surface area contributed by atoms with Gasteiger partial charge >= 0.3 is 5.97 Å². The summed E-state index contributed by atoms with van der Waals surface area (Å²) in [6, 6.07) is 7.70. The summed E-state index contributed by atoms with van der Waals surface area (Å²) in [5.74, 6) is -1.02. The molecule has 1 heterocycles. The van der Waals surface area contributed by atoms with Crippen LogP contribution in [0.1, 0.15) is 11.6 Å². The van der Waals surface area contributed by atoms with E-state index < -0.39 is 5.97 Å². The van der Waals surface area contributed by atoms with Gasteiger partial charge < -0.3 is 10.4 Å². The molecule has 4 heteroatoms. The molecule has 0 amide bonds. The second-order valence-electron chi connectivity index (χ2n) is 3.39. The van der Waals surface area contributed by atoms with Crippen molar-refractivity contribution in [3.05, 3.63) is 34.3 Å². The van der Waals surface area contributed by atoms with Gasteiger partial charge in [0.2, 0.25) is 0 Å². The molecule has 0 bridgehead atoms. The fraction of sp³-hybridized carbons (Fsp3) is 0.300. The predicted molar refractivity (Wildman–Crippen MR) is 56.0 cm³/mol. The summed E-state index contributed by atoms with van der Waals surface area (Å²) in [4.78, 5) is 10.8. The maximum atomic E-state index is 10.8. The number of carbonyl (C=O) groups is 1. The molecule has 14 heavy (non-hydrogen) atoms. The Kier molecular flexibility index (Phi) is 2.56. The van der Waals surface area contributed by atoms with Crippen molar-refractivity contribution in [2.24, 2.45) is 5.92 Å². The van der Waals surface area contributed by atoms with Gasteiger partial charge in [0, 0.05) is 17.1 Å². The van der Waals surface area contributed by atoms with E-state index in [9.17, 15) is 4.79 Å². The number of hydrogen-bond donors (Lipinski definition) is 2. The van der Waals surface area contributed by atoms with Crippen LogP contribution in [0, 0.1) is 5.92 Å². The Morgan fingerprint density at radius 1 is 1.57 bits per heavy atom. The lowest BCUT2D eigenvalue weighted by Crippen LogP contribution is -2.49. The molecule has 2 unspecified atom stereocenters. The van der Waals surface area contributed by atoms with Crippen molar-refractivity contribution >= 4 is 21.9 Å². The molecular formula is C10H10BrNO2. The van der Waals surface area contributed by atoms with Crippen molar-refractivity contribution in [2.45, 2.75) is 6.04 Å². The van der Waals surface area contributed by atoms with Crippen LogP contribution in [0.4, 0.5) is 0 Å². The maximum absolute atomic E-state index is 10.8. The molecule has 3 nitrogen and oxygen atoms in total. The third-order valence-corrected chi connectivity index (χ3v) is 2.98. The summed E-state index contributed by atoms with van der Waals surface area (Å²) in [6.45, 7) is 0.562. The molecule has 74 valence electrons. The maximum Gasteiger partial charge on any atom is 0.309 e. The van der Waals surface area contributed by atoms with E-state index in [2.05, 4.69) is 21.2 Å². The van der Waals surface area contributed by atoms with E-state index in [1.54, 1.807) is 0 Å². The number of carboxylic acids is 1. The molecule has 0 aliphatic carbocycles. The highest BCUT2D eigenvalue weighted by Crippen LogP contribution is 2.30. The van der Waals surface area contributed by atoms with Crippen LogP contribution in [0.3, 0.4) is 0 Å². The average molecular weight is 256 g/mol. The second kappa shape index (κ2) is 3.71. The van der Waals surface area contributed by atoms with Gasteiger partial charge in [0.05, 0.1) is 5.92 Å². The number of benzene rings is 1. The van der Waals surface area contributed by atoms with Crippen LogP contribution in [0.2, 0.25) is 0 Å². The monoisotopic (exact) mass is 255 g/mol. The Labute approximate surface area is 90.3 Å². The fourth-order valence-corrected chi connectivity index (χ4v) is 2.05. The zero-order chi connectivity index (χ0) is 10.1. The highest BCUT2D eigenvalue weighted by atomic mass is 79.9. The van der Waals surface area contributed by atoms with Crippen LogP contribution in [0.15, 0.2) is 28.7 Å². The Hall–Kier alpha value is -0.870. The highest BCUT2D eigenvalue weighted by molar-refractivity contribution is 9.10. The Bertz CT molecular complexity index is 367. The van der Waals surface area contributed by atoms with Crippen molar-refractivity contribution < 1.29 is 9.90 Å². The molecule has 0 radical (unpaired) electrons. The van der Waals surface area contributed by atoms with Crippen molar-refractivity contribution in [1.82, 2.24) is 5.32 Å². The van der Waals surface area contributed by atoms with E-state index in [0.717, 1.165) is 10.0 Å². The van der Waals surface area contributed by atoms with E-state index >= 15 is 0 Å². The standard InChI is InChI=1S/C10H10BrNO2/c11-7-3-1-2-6(4-7)9-8(5-12-9)10(13)14/h1-4,8-9,12H,5H2,(H,13,14). The number of hydrogen-bond acceptors (Lipinski definition) is 2. The van der Waals surface area contributed by atoms with Gasteiger partial charge in [-0.2, -0.15) is 0 Å². The van der Waals surface area contributed by atoms with Crippen molar-refractivity contribution in [3.63, 3.8) is 0 Å². The first-order valence-electron chi connectivity index (χ1n) is 4.40. The number of carboxylic acid groups (broad SMARTS) is 1. The van der Waals surface area contributed by atoms with Crippen LogP contribution in [-0.4, -0.2) is 17.6 Å². The molecule has 1 aliphatic heterocycles. The van der Waals surface area contributed by atoms with E-state index in [0.29, 0.717) is 6.54 Å². The van der Waals surface area contributed by atoms with Crippen LogP contribution in [-0.2, 0) is 4.79 Å².